The summed E-state index contributed by atoms with van der Waals surface area (Å²) in [4.78, 5) is 13.4. The van der Waals surface area contributed by atoms with Gasteiger partial charge in [0.25, 0.3) is 0 Å². The highest BCUT2D eigenvalue weighted by Gasteiger charge is 2.23. The zero-order chi connectivity index (χ0) is 24.4. The van der Waals surface area contributed by atoms with E-state index in [1.165, 1.54) is 18.2 Å². The molecule has 0 radical (unpaired) electrons. The van der Waals surface area contributed by atoms with Crippen LogP contribution in [0.2, 0.25) is 0 Å². The van der Waals surface area contributed by atoms with Gasteiger partial charge in [-0.2, -0.15) is 5.26 Å². The largest absolute Gasteiger partial charge is 0.493 e. The minimum Gasteiger partial charge on any atom is -0.493 e. The van der Waals surface area contributed by atoms with Crippen LogP contribution in [0.1, 0.15) is 29.7 Å². The summed E-state index contributed by atoms with van der Waals surface area (Å²) < 4.78 is 31.6. The summed E-state index contributed by atoms with van der Waals surface area (Å²) in [6, 6.07) is 18.2. The molecular formula is C29H22FNO4. The Hall–Kier alpha value is -4.37. The highest BCUT2D eigenvalue weighted by atomic mass is 19.1. The Morgan fingerprint density at radius 1 is 1.11 bits per heavy atom. The average Bonchev–Trinajstić information content (AvgIpc) is 3.71. The van der Waals surface area contributed by atoms with Crippen molar-refractivity contribution >= 4 is 23.1 Å². The van der Waals surface area contributed by atoms with E-state index < -0.39 is 5.82 Å². The molecule has 1 fully saturated rings. The fourth-order valence-corrected chi connectivity index (χ4v) is 3.92. The van der Waals surface area contributed by atoms with Gasteiger partial charge < -0.3 is 13.9 Å². The van der Waals surface area contributed by atoms with Crippen LogP contribution in [0.25, 0.3) is 34.2 Å². The monoisotopic (exact) mass is 467 g/mol. The standard InChI is InChI=1S/C29H22FNO4/c1-33-26-4-2-3-21(29(26)34-17-19-5-6-19)11-13-25-27(20-9-7-18(16-31)8-10-20)28(32)23-15-22(30)12-14-24(23)35-25/h2-4,7-15,19H,5-6,17H2,1H3/b13-11+. The van der Waals surface area contributed by atoms with Crippen LogP contribution in [-0.4, -0.2) is 13.7 Å². The Morgan fingerprint density at radius 2 is 1.91 bits per heavy atom. The third-order valence-corrected chi connectivity index (χ3v) is 5.99. The predicted molar refractivity (Wildman–Crippen MR) is 133 cm³/mol. The van der Waals surface area contributed by atoms with Gasteiger partial charge in [0, 0.05) is 5.56 Å². The Bertz CT molecular complexity index is 1530. The number of rotatable bonds is 7. The van der Waals surface area contributed by atoms with Gasteiger partial charge in [-0.15, -0.1) is 0 Å². The molecule has 3 aromatic carbocycles. The van der Waals surface area contributed by atoms with Crippen LogP contribution >= 0.6 is 0 Å². The summed E-state index contributed by atoms with van der Waals surface area (Å²) in [5.41, 5.74) is 2.02. The highest BCUT2D eigenvalue weighted by molar-refractivity contribution is 5.87. The zero-order valence-electron chi connectivity index (χ0n) is 19.1. The first kappa shape index (κ1) is 22.4. The number of para-hydroxylation sites is 1. The highest BCUT2D eigenvalue weighted by Crippen LogP contribution is 2.36. The quantitative estimate of drug-likeness (QED) is 0.313. The van der Waals surface area contributed by atoms with Crippen LogP contribution in [0.4, 0.5) is 4.39 Å². The lowest BCUT2D eigenvalue weighted by atomic mass is 10.00. The molecule has 6 heteroatoms. The van der Waals surface area contributed by atoms with Gasteiger partial charge in [-0.25, -0.2) is 4.39 Å². The van der Waals surface area contributed by atoms with Gasteiger partial charge in [-0.05, 0) is 72.9 Å². The summed E-state index contributed by atoms with van der Waals surface area (Å²) in [6.07, 6.45) is 5.84. The summed E-state index contributed by atoms with van der Waals surface area (Å²) >= 11 is 0. The lowest BCUT2D eigenvalue weighted by Crippen LogP contribution is -2.08. The normalized spacial score (nSPS) is 13.2. The van der Waals surface area contributed by atoms with Crippen LogP contribution in [-0.2, 0) is 0 Å². The van der Waals surface area contributed by atoms with Crippen LogP contribution in [0, 0.1) is 23.1 Å². The number of halogens is 1. The molecule has 1 heterocycles. The summed E-state index contributed by atoms with van der Waals surface area (Å²) in [7, 11) is 1.59. The van der Waals surface area contributed by atoms with E-state index in [2.05, 4.69) is 6.07 Å². The Morgan fingerprint density at radius 3 is 2.63 bits per heavy atom. The maximum absolute atomic E-state index is 13.9. The molecule has 4 aromatic rings. The molecule has 1 aromatic heterocycles. The molecule has 0 bridgehead atoms. The number of methoxy groups -OCH3 is 1. The maximum atomic E-state index is 13.9. The number of benzene rings is 3. The van der Waals surface area contributed by atoms with Crippen molar-refractivity contribution in [2.45, 2.75) is 12.8 Å². The van der Waals surface area contributed by atoms with Crippen molar-refractivity contribution in [2.24, 2.45) is 5.92 Å². The second-order valence-corrected chi connectivity index (χ2v) is 8.47. The van der Waals surface area contributed by atoms with Gasteiger partial charge in [-0.1, -0.05) is 24.3 Å². The molecule has 0 amide bonds. The number of hydrogen-bond acceptors (Lipinski definition) is 5. The van der Waals surface area contributed by atoms with Gasteiger partial charge in [0.2, 0.25) is 5.43 Å². The van der Waals surface area contributed by atoms with Gasteiger partial charge in [0.15, 0.2) is 11.5 Å². The summed E-state index contributed by atoms with van der Waals surface area (Å²) in [5.74, 6) is 1.61. The zero-order valence-corrected chi connectivity index (χ0v) is 19.1. The summed E-state index contributed by atoms with van der Waals surface area (Å²) in [6.45, 7) is 0.619. The van der Waals surface area contributed by atoms with Crippen molar-refractivity contribution in [3.8, 4) is 28.7 Å². The molecule has 5 nitrogen and oxygen atoms in total. The fraction of sp³-hybridized carbons (Fsp3) is 0.172. The first-order valence-corrected chi connectivity index (χ1v) is 11.3. The molecule has 1 aliphatic rings. The molecule has 0 N–H and O–H groups in total. The SMILES string of the molecule is COc1cccc(/C=C/c2oc3ccc(F)cc3c(=O)c2-c2ccc(C#N)cc2)c1OCC1CC1. The number of nitrogens with zero attached hydrogens (tertiary/aromatic N) is 1. The van der Waals surface area contributed by atoms with Crippen molar-refractivity contribution < 1.29 is 18.3 Å². The van der Waals surface area contributed by atoms with E-state index in [4.69, 9.17) is 19.2 Å². The molecule has 5 rings (SSSR count). The molecule has 1 aliphatic carbocycles. The van der Waals surface area contributed by atoms with Gasteiger partial charge in [0.05, 0.1) is 36.3 Å². The van der Waals surface area contributed by atoms with Crippen LogP contribution < -0.4 is 14.9 Å². The molecule has 0 saturated heterocycles. The third kappa shape index (κ3) is 4.67. The molecule has 174 valence electrons. The van der Waals surface area contributed by atoms with E-state index in [0.29, 0.717) is 40.9 Å². The average molecular weight is 467 g/mol. The van der Waals surface area contributed by atoms with Crippen LogP contribution in [0.3, 0.4) is 0 Å². The third-order valence-electron chi connectivity index (χ3n) is 5.99. The summed E-state index contributed by atoms with van der Waals surface area (Å²) in [5, 5.41) is 9.29. The Balaban J connectivity index is 1.64. The van der Waals surface area contributed by atoms with E-state index in [-0.39, 0.29) is 22.0 Å². The van der Waals surface area contributed by atoms with E-state index in [1.54, 1.807) is 37.5 Å². The predicted octanol–water partition coefficient (Wildman–Crippen LogP) is 6.44. The number of ether oxygens (including phenoxy) is 2. The molecule has 0 spiro atoms. The van der Waals surface area contributed by atoms with E-state index >= 15 is 0 Å². The van der Waals surface area contributed by atoms with E-state index in [9.17, 15) is 9.18 Å². The molecule has 35 heavy (non-hydrogen) atoms. The minimum atomic E-state index is -0.521. The lowest BCUT2D eigenvalue weighted by molar-refractivity contribution is 0.280. The van der Waals surface area contributed by atoms with Crippen molar-refractivity contribution in [2.75, 3.05) is 13.7 Å². The number of hydrogen-bond donors (Lipinski definition) is 0. The minimum absolute atomic E-state index is 0.149. The molecular weight excluding hydrogens is 445 g/mol. The topological polar surface area (TPSA) is 72.5 Å². The van der Waals surface area contributed by atoms with Crippen molar-refractivity contribution in [3.63, 3.8) is 0 Å². The molecule has 0 unspecified atom stereocenters. The fourth-order valence-electron chi connectivity index (χ4n) is 3.92. The van der Waals surface area contributed by atoms with Crippen LogP contribution in [0.5, 0.6) is 11.5 Å². The Kier molecular flexibility index (Phi) is 6.07. The van der Waals surface area contributed by atoms with Crippen molar-refractivity contribution in [1.29, 1.82) is 5.26 Å². The second-order valence-electron chi connectivity index (χ2n) is 8.47. The smallest absolute Gasteiger partial charge is 0.201 e. The number of fused-ring (bicyclic) bond motifs is 1. The number of nitriles is 1. The second kappa shape index (κ2) is 9.47. The van der Waals surface area contributed by atoms with Gasteiger partial charge >= 0.3 is 0 Å². The Labute approximate surface area is 201 Å². The van der Waals surface area contributed by atoms with Gasteiger partial charge in [-0.3, -0.25) is 4.79 Å². The van der Waals surface area contributed by atoms with Crippen LogP contribution in [0.15, 0.2) is 69.9 Å². The first-order valence-electron chi connectivity index (χ1n) is 11.3. The van der Waals surface area contributed by atoms with E-state index in [1.807, 2.05) is 24.3 Å². The maximum Gasteiger partial charge on any atom is 0.201 e. The van der Waals surface area contributed by atoms with Gasteiger partial charge in [0.1, 0.15) is 17.2 Å². The van der Waals surface area contributed by atoms with Crippen molar-refractivity contribution in [3.05, 3.63) is 93.6 Å². The molecule has 1 saturated carbocycles. The first-order chi connectivity index (χ1) is 17.1. The lowest BCUT2D eigenvalue weighted by Gasteiger charge is -2.13. The van der Waals surface area contributed by atoms with Crippen molar-refractivity contribution in [1.82, 2.24) is 0 Å². The molecule has 0 atom stereocenters. The molecule has 0 aliphatic heterocycles. The van der Waals surface area contributed by atoms with E-state index in [0.717, 1.165) is 18.4 Å².